The van der Waals surface area contributed by atoms with E-state index >= 15 is 0 Å². The molecule has 1 saturated heterocycles. The molecule has 1 N–H and O–H groups in total. The lowest BCUT2D eigenvalue weighted by Crippen LogP contribution is -2.38. The molecule has 1 aliphatic rings. The molecule has 0 saturated carbocycles. The second-order valence-electron chi connectivity index (χ2n) is 6.50. The van der Waals surface area contributed by atoms with Gasteiger partial charge in [-0.25, -0.2) is 4.39 Å². The van der Waals surface area contributed by atoms with E-state index in [1.165, 1.54) is 34.8 Å². The summed E-state index contributed by atoms with van der Waals surface area (Å²) in [5.41, 5.74) is 1.80. The molecule has 0 radical (unpaired) electrons. The molecule has 0 amide bonds. The second-order valence-corrected chi connectivity index (χ2v) is 8.65. The summed E-state index contributed by atoms with van der Waals surface area (Å²) in [6.45, 7) is 1.39. The first-order chi connectivity index (χ1) is 12.4. The lowest BCUT2D eigenvalue weighted by Gasteiger charge is -2.20. The van der Waals surface area contributed by atoms with Crippen molar-refractivity contribution in [1.82, 2.24) is 18.8 Å². The third-order valence-electron chi connectivity index (χ3n) is 4.46. The number of halogens is 1. The SMILES string of the molecule is CN(C)S(=O)(=O)N1CC[C@@H](c2cc(CCOc3ccc(F)cc3)[nH]n2)C1. The lowest BCUT2D eigenvalue weighted by molar-refractivity contribution is 0.320. The third kappa shape index (κ3) is 4.22. The molecule has 26 heavy (non-hydrogen) atoms. The largest absolute Gasteiger partial charge is 0.493 e. The second kappa shape index (κ2) is 7.73. The first kappa shape index (κ1) is 18.8. The van der Waals surface area contributed by atoms with Gasteiger partial charge in [-0.2, -0.15) is 22.1 Å². The average molecular weight is 382 g/mol. The highest BCUT2D eigenvalue weighted by atomic mass is 32.2. The number of nitrogens with one attached hydrogen (secondary N) is 1. The predicted octanol–water partition coefficient (Wildman–Crippen LogP) is 1.77. The maximum Gasteiger partial charge on any atom is 0.281 e. The van der Waals surface area contributed by atoms with Gasteiger partial charge in [0.15, 0.2) is 0 Å². The molecule has 2 heterocycles. The van der Waals surface area contributed by atoms with Crippen LogP contribution in [0.1, 0.15) is 23.7 Å². The Bertz CT molecular complexity index is 836. The normalized spacial score (nSPS) is 18.5. The van der Waals surface area contributed by atoms with Crippen molar-refractivity contribution in [1.29, 1.82) is 0 Å². The van der Waals surface area contributed by atoms with Gasteiger partial charge in [0.05, 0.1) is 12.3 Å². The van der Waals surface area contributed by atoms with Gasteiger partial charge >= 0.3 is 0 Å². The number of H-pyrrole nitrogens is 1. The van der Waals surface area contributed by atoms with Gasteiger partial charge in [-0.15, -0.1) is 0 Å². The molecule has 1 aromatic carbocycles. The van der Waals surface area contributed by atoms with Crippen molar-refractivity contribution >= 4 is 10.2 Å². The first-order valence-electron chi connectivity index (χ1n) is 8.46. The quantitative estimate of drug-likeness (QED) is 0.792. The lowest BCUT2D eigenvalue weighted by atomic mass is 10.0. The van der Waals surface area contributed by atoms with Crippen molar-refractivity contribution in [3.05, 3.63) is 47.5 Å². The number of aromatic nitrogens is 2. The number of benzene rings is 1. The highest BCUT2D eigenvalue weighted by Crippen LogP contribution is 2.28. The number of ether oxygens (including phenoxy) is 1. The van der Waals surface area contributed by atoms with Crippen LogP contribution >= 0.6 is 0 Å². The van der Waals surface area contributed by atoms with E-state index in [-0.39, 0.29) is 11.7 Å². The van der Waals surface area contributed by atoms with Crippen LogP contribution in [0.3, 0.4) is 0 Å². The van der Waals surface area contributed by atoms with Gasteiger partial charge in [0.1, 0.15) is 11.6 Å². The Hall–Kier alpha value is -1.97. The minimum absolute atomic E-state index is 0.0905. The summed E-state index contributed by atoms with van der Waals surface area (Å²) in [6.07, 6.45) is 1.39. The van der Waals surface area contributed by atoms with Crippen LogP contribution < -0.4 is 4.74 Å². The zero-order chi connectivity index (χ0) is 18.7. The van der Waals surface area contributed by atoms with Gasteiger partial charge in [-0.3, -0.25) is 5.10 Å². The van der Waals surface area contributed by atoms with Gasteiger partial charge in [-0.05, 0) is 36.8 Å². The highest BCUT2D eigenvalue weighted by Gasteiger charge is 2.34. The zero-order valence-electron chi connectivity index (χ0n) is 14.9. The van der Waals surface area contributed by atoms with E-state index in [4.69, 9.17) is 4.74 Å². The van der Waals surface area contributed by atoms with Crippen LogP contribution in [0, 0.1) is 5.82 Å². The number of rotatable bonds is 7. The maximum atomic E-state index is 12.9. The molecule has 1 aliphatic heterocycles. The van der Waals surface area contributed by atoms with Crippen molar-refractivity contribution in [2.24, 2.45) is 0 Å². The summed E-state index contributed by atoms with van der Waals surface area (Å²) < 4.78 is 45.6. The molecule has 2 aromatic rings. The Kier molecular flexibility index (Phi) is 5.59. The summed E-state index contributed by atoms with van der Waals surface area (Å²) >= 11 is 0. The molecule has 0 unspecified atom stereocenters. The smallest absolute Gasteiger partial charge is 0.281 e. The number of hydrogen-bond donors (Lipinski definition) is 1. The minimum Gasteiger partial charge on any atom is -0.493 e. The van der Waals surface area contributed by atoms with E-state index in [1.54, 1.807) is 12.1 Å². The first-order valence-corrected chi connectivity index (χ1v) is 9.86. The van der Waals surface area contributed by atoms with Crippen molar-refractivity contribution in [2.45, 2.75) is 18.8 Å². The Morgan fingerprint density at radius 3 is 2.77 bits per heavy atom. The van der Waals surface area contributed by atoms with Crippen LogP contribution in [0.15, 0.2) is 30.3 Å². The predicted molar refractivity (Wildman–Crippen MR) is 95.7 cm³/mol. The Labute approximate surface area is 152 Å². The standard InChI is InChI=1S/C17H23FN4O3S/c1-21(2)26(23,24)22-9-7-13(12-22)17-11-15(19-20-17)8-10-25-16-5-3-14(18)4-6-16/h3-6,11,13H,7-10,12H2,1-2H3,(H,19,20)/t13-/m1/s1. The Morgan fingerprint density at radius 2 is 2.08 bits per heavy atom. The van der Waals surface area contributed by atoms with Crippen LogP contribution in [-0.4, -0.2) is 61.0 Å². The van der Waals surface area contributed by atoms with Gasteiger partial charge in [0, 0.05) is 45.2 Å². The fourth-order valence-corrected chi connectivity index (χ4v) is 4.10. The molecular formula is C17H23FN4O3S. The monoisotopic (exact) mass is 382 g/mol. The Balaban J connectivity index is 1.53. The van der Waals surface area contributed by atoms with Gasteiger partial charge in [0.25, 0.3) is 10.2 Å². The van der Waals surface area contributed by atoms with Crippen molar-refractivity contribution in [3.63, 3.8) is 0 Å². The number of aromatic amines is 1. The fourth-order valence-electron chi connectivity index (χ4n) is 2.94. The molecule has 1 atom stereocenters. The number of hydrogen-bond acceptors (Lipinski definition) is 4. The summed E-state index contributed by atoms with van der Waals surface area (Å²) in [6, 6.07) is 7.86. The van der Waals surface area contributed by atoms with Crippen LogP contribution in [0.25, 0.3) is 0 Å². The highest BCUT2D eigenvalue weighted by molar-refractivity contribution is 7.86. The van der Waals surface area contributed by atoms with E-state index in [0.717, 1.165) is 17.8 Å². The summed E-state index contributed by atoms with van der Waals surface area (Å²) in [7, 11) is -0.300. The molecule has 0 spiro atoms. The van der Waals surface area contributed by atoms with E-state index in [0.29, 0.717) is 31.9 Å². The molecule has 1 fully saturated rings. The third-order valence-corrected chi connectivity index (χ3v) is 6.37. The van der Waals surface area contributed by atoms with Crippen LogP contribution in [-0.2, 0) is 16.6 Å². The molecule has 0 bridgehead atoms. The van der Waals surface area contributed by atoms with Crippen LogP contribution in [0.5, 0.6) is 5.75 Å². The van der Waals surface area contributed by atoms with E-state index in [1.807, 2.05) is 6.07 Å². The van der Waals surface area contributed by atoms with Crippen LogP contribution in [0.2, 0.25) is 0 Å². The van der Waals surface area contributed by atoms with Crippen LogP contribution in [0.4, 0.5) is 4.39 Å². The zero-order valence-corrected chi connectivity index (χ0v) is 15.7. The fraction of sp³-hybridized carbons (Fsp3) is 0.471. The van der Waals surface area contributed by atoms with Crippen molar-refractivity contribution < 1.29 is 17.5 Å². The number of nitrogens with zero attached hydrogens (tertiary/aromatic N) is 3. The molecule has 7 nitrogen and oxygen atoms in total. The molecule has 9 heteroatoms. The molecule has 1 aromatic heterocycles. The van der Waals surface area contributed by atoms with E-state index < -0.39 is 10.2 Å². The molecule has 142 valence electrons. The average Bonchev–Trinajstić information content (AvgIpc) is 3.26. The van der Waals surface area contributed by atoms with Gasteiger partial charge in [0.2, 0.25) is 0 Å². The van der Waals surface area contributed by atoms with E-state index in [2.05, 4.69) is 10.2 Å². The maximum absolute atomic E-state index is 12.9. The van der Waals surface area contributed by atoms with Crippen molar-refractivity contribution in [3.8, 4) is 5.75 Å². The van der Waals surface area contributed by atoms with Gasteiger partial charge < -0.3 is 4.74 Å². The minimum atomic E-state index is -3.38. The molecule has 3 rings (SSSR count). The summed E-state index contributed by atoms with van der Waals surface area (Å²) in [5, 5.41) is 7.32. The topological polar surface area (TPSA) is 78.5 Å². The molecular weight excluding hydrogens is 359 g/mol. The van der Waals surface area contributed by atoms with Gasteiger partial charge in [-0.1, -0.05) is 0 Å². The summed E-state index contributed by atoms with van der Waals surface area (Å²) in [4.78, 5) is 0. The molecule has 0 aliphatic carbocycles. The Morgan fingerprint density at radius 1 is 1.35 bits per heavy atom. The van der Waals surface area contributed by atoms with Crippen molar-refractivity contribution in [2.75, 3.05) is 33.8 Å². The summed E-state index contributed by atoms with van der Waals surface area (Å²) in [5.74, 6) is 0.414. The van der Waals surface area contributed by atoms with E-state index in [9.17, 15) is 12.8 Å².